The van der Waals surface area contributed by atoms with Gasteiger partial charge >= 0.3 is 0 Å². The number of nitrogens with two attached hydrogens (primary N) is 1. The number of anilines is 2. The van der Waals surface area contributed by atoms with Crippen molar-refractivity contribution in [1.29, 1.82) is 0 Å². The molecule has 0 saturated carbocycles. The van der Waals surface area contributed by atoms with Crippen molar-refractivity contribution in [3.05, 3.63) is 42.0 Å². The van der Waals surface area contributed by atoms with Gasteiger partial charge in [-0.25, -0.2) is 4.98 Å². The van der Waals surface area contributed by atoms with Gasteiger partial charge in [0.1, 0.15) is 5.69 Å². The van der Waals surface area contributed by atoms with Crippen LogP contribution in [-0.2, 0) is 13.5 Å². The Balaban J connectivity index is 2.03. The topological polar surface area (TPSA) is 64.2 Å². The van der Waals surface area contributed by atoms with E-state index in [1.54, 1.807) is 22.0 Å². The monoisotopic (exact) mass is 256 g/mol. The molecule has 0 atom stereocenters. The Bertz CT molecular complexity index is 632. The van der Waals surface area contributed by atoms with Crippen LogP contribution in [0.15, 0.2) is 30.7 Å². The number of rotatable bonds is 1. The summed E-state index contributed by atoms with van der Waals surface area (Å²) < 4.78 is 1.74. The number of carbonyl (C=O) groups is 1. The third kappa shape index (κ3) is 1.87. The van der Waals surface area contributed by atoms with Crippen LogP contribution in [0.1, 0.15) is 22.5 Å². The first-order valence-corrected chi connectivity index (χ1v) is 6.34. The zero-order valence-electron chi connectivity index (χ0n) is 10.8. The van der Waals surface area contributed by atoms with E-state index in [0.717, 1.165) is 36.3 Å². The Hall–Kier alpha value is -2.30. The molecule has 1 amide bonds. The molecule has 2 heterocycles. The molecule has 0 radical (unpaired) electrons. The maximum atomic E-state index is 12.6. The van der Waals surface area contributed by atoms with E-state index >= 15 is 0 Å². The quantitative estimate of drug-likeness (QED) is 0.788. The molecule has 2 N–H and O–H groups in total. The minimum absolute atomic E-state index is 0.0217. The van der Waals surface area contributed by atoms with Gasteiger partial charge in [-0.05, 0) is 30.5 Å². The number of amides is 1. The average molecular weight is 256 g/mol. The van der Waals surface area contributed by atoms with Crippen LogP contribution >= 0.6 is 0 Å². The Morgan fingerprint density at radius 1 is 1.42 bits per heavy atom. The van der Waals surface area contributed by atoms with Crippen molar-refractivity contribution in [1.82, 2.24) is 9.55 Å². The molecule has 0 saturated heterocycles. The summed E-state index contributed by atoms with van der Waals surface area (Å²) in [7, 11) is 1.82. The van der Waals surface area contributed by atoms with Crippen LogP contribution in [-0.4, -0.2) is 22.0 Å². The molecule has 1 aromatic carbocycles. The van der Waals surface area contributed by atoms with Crippen LogP contribution in [0.25, 0.3) is 0 Å². The second-order valence-corrected chi connectivity index (χ2v) is 4.80. The zero-order chi connectivity index (χ0) is 13.4. The number of aryl methyl sites for hydroxylation is 1. The van der Waals surface area contributed by atoms with Crippen LogP contribution in [0.3, 0.4) is 0 Å². The number of fused-ring (bicyclic) bond motifs is 1. The molecular weight excluding hydrogens is 240 g/mol. The molecule has 98 valence electrons. The number of imidazole rings is 1. The first kappa shape index (κ1) is 11.8. The van der Waals surface area contributed by atoms with E-state index in [1.807, 2.05) is 25.2 Å². The lowest BCUT2D eigenvalue weighted by Gasteiger charge is -2.30. The Morgan fingerprint density at radius 3 is 3.00 bits per heavy atom. The first-order valence-electron chi connectivity index (χ1n) is 6.34. The number of hydrogen-bond donors (Lipinski definition) is 1. The predicted octanol–water partition coefficient (Wildman–Crippen LogP) is 1.60. The first-order chi connectivity index (χ1) is 9.18. The van der Waals surface area contributed by atoms with Gasteiger partial charge in [0.05, 0.1) is 12.5 Å². The van der Waals surface area contributed by atoms with Gasteiger partial charge in [-0.15, -0.1) is 0 Å². The maximum absolute atomic E-state index is 12.6. The molecule has 5 heteroatoms. The summed E-state index contributed by atoms with van der Waals surface area (Å²) in [5.74, 6) is -0.0217. The van der Waals surface area contributed by atoms with E-state index in [4.69, 9.17) is 5.73 Å². The van der Waals surface area contributed by atoms with Crippen molar-refractivity contribution in [2.24, 2.45) is 7.05 Å². The van der Waals surface area contributed by atoms with Crippen LogP contribution < -0.4 is 10.6 Å². The molecule has 3 rings (SSSR count). The Kier molecular flexibility index (Phi) is 2.74. The highest BCUT2D eigenvalue weighted by Gasteiger charge is 2.25. The normalized spacial score (nSPS) is 14.3. The maximum Gasteiger partial charge on any atom is 0.276 e. The summed E-state index contributed by atoms with van der Waals surface area (Å²) in [6.07, 6.45) is 5.10. The van der Waals surface area contributed by atoms with Crippen molar-refractivity contribution in [3.8, 4) is 0 Å². The molecule has 0 aliphatic carbocycles. The molecule has 19 heavy (non-hydrogen) atoms. The molecule has 1 aliphatic rings. The molecule has 0 spiro atoms. The largest absolute Gasteiger partial charge is 0.398 e. The van der Waals surface area contributed by atoms with Crippen molar-refractivity contribution >= 4 is 17.3 Å². The molecule has 0 fully saturated rings. The fourth-order valence-electron chi connectivity index (χ4n) is 2.56. The second kappa shape index (κ2) is 4.42. The standard InChI is InChI=1S/C14H16N4O/c1-17-9-16-8-13(17)14(19)18-7-3-4-10-11(15)5-2-6-12(10)18/h2,5-6,8-9H,3-4,7,15H2,1H3. The van der Waals surface area contributed by atoms with Crippen molar-refractivity contribution in [2.45, 2.75) is 12.8 Å². The highest BCUT2D eigenvalue weighted by molar-refractivity contribution is 6.06. The predicted molar refractivity (Wildman–Crippen MR) is 74.1 cm³/mol. The Morgan fingerprint density at radius 2 is 2.26 bits per heavy atom. The number of nitrogens with zero attached hydrogens (tertiary/aromatic N) is 3. The van der Waals surface area contributed by atoms with E-state index in [-0.39, 0.29) is 5.91 Å². The van der Waals surface area contributed by atoms with Gasteiger partial charge in [-0.2, -0.15) is 0 Å². The van der Waals surface area contributed by atoms with Gasteiger partial charge in [-0.1, -0.05) is 6.07 Å². The fourth-order valence-corrected chi connectivity index (χ4v) is 2.56. The van der Waals surface area contributed by atoms with Gasteiger partial charge in [0.25, 0.3) is 5.91 Å². The third-order valence-electron chi connectivity index (χ3n) is 3.57. The van der Waals surface area contributed by atoms with Crippen LogP contribution in [0.5, 0.6) is 0 Å². The van der Waals surface area contributed by atoms with Crippen LogP contribution in [0.4, 0.5) is 11.4 Å². The van der Waals surface area contributed by atoms with Crippen molar-refractivity contribution in [3.63, 3.8) is 0 Å². The van der Waals surface area contributed by atoms with Crippen molar-refractivity contribution < 1.29 is 4.79 Å². The number of hydrogen-bond acceptors (Lipinski definition) is 3. The van der Waals surface area contributed by atoms with Crippen molar-refractivity contribution in [2.75, 3.05) is 17.2 Å². The van der Waals surface area contributed by atoms with Gasteiger partial charge in [0, 0.05) is 25.0 Å². The Labute approximate surface area is 111 Å². The molecule has 0 unspecified atom stereocenters. The lowest BCUT2D eigenvalue weighted by molar-refractivity contribution is 0.0977. The highest BCUT2D eigenvalue weighted by Crippen LogP contribution is 2.32. The summed E-state index contributed by atoms with van der Waals surface area (Å²) in [6.45, 7) is 0.723. The van der Waals surface area contributed by atoms with Gasteiger partial charge in [0.15, 0.2) is 0 Å². The minimum atomic E-state index is -0.0217. The lowest BCUT2D eigenvalue weighted by atomic mass is 9.99. The average Bonchev–Trinajstić information content (AvgIpc) is 2.84. The third-order valence-corrected chi connectivity index (χ3v) is 3.57. The minimum Gasteiger partial charge on any atom is -0.398 e. The summed E-state index contributed by atoms with van der Waals surface area (Å²) in [5.41, 5.74) is 9.36. The van der Waals surface area contributed by atoms with Gasteiger partial charge in [-0.3, -0.25) is 4.79 Å². The summed E-state index contributed by atoms with van der Waals surface area (Å²) in [4.78, 5) is 18.4. The van der Waals surface area contributed by atoms with E-state index in [2.05, 4.69) is 4.98 Å². The molecule has 1 aromatic heterocycles. The van der Waals surface area contributed by atoms with Crippen LogP contribution in [0.2, 0.25) is 0 Å². The molecule has 5 nitrogen and oxygen atoms in total. The van der Waals surface area contributed by atoms with E-state index in [1.165, 1.54) is 0 Å². The fraction of sp³-hybridized carbons (Fsp3) is 0.286. The van der Waals surface area contributed by atoms with Gasteiger partial charge < -0.3 is 15.2 Å². The number of aromatic nitrogens is 2. The lowest BCUT2D eigenvalue weighted by Crippen LogP contribution is -2.36. The summed E-state index contributed by atoms with van der Waals surface area (Å²) in [6, 6.07) is 5.74. The highest BCUT2D eigenvalue weighted by atomic mass is 16.2. The molecule has 1 aliphatic heterocycles. The van der Waals surface area contributed by atoms with Crippen LogP contribution in [0, 0.1) is 0 Å². The van der Waals surface area contributed by atoms with E-state index in [0.29, 0.717) is 5.69 Å². The van der Waals surface area contributed by atoms with E-state index in [9.17, 15) is 4.79 Å². The molecular formula is C14H16N4O. The number of benzene rings is 1. The number of nitrogen functional groups attached to an aromatic ring is 1. The summed E-state index contributed by atoms with van der Waals surface area (Å²) >= 11 is 0. The molecule has 2 aromatic rings. The SMILES string of the molecule is Cn1cncc1C(=O)N1CCCc2c(N)cccc21. The second-order valence-electron chi connectivity index (χ2n) is 4.80. The zero-order valence-corrected chi connectivity index (χ0v) is 10.8. The smallest absolute Gasteiger partial charge is 0.276 e. The van der Waals surface area contributed by atoms with Gasteiger partial charge in [0.2, 0.25) is 0 Å². The summed E-state index contributed by atoms with van der Waals surface area (Å²) in [5, 5.41) is 0. The molecule has 0 bridgehead atoms. The number of carbonyl (C=O) groups excluding carboxylic acids is 1. The van der Waals surface area contributed by atoms with E-state index < -0.39 is 0 Å².